The molecular formula is C10H13N3O2. The van der Waals surface area contributed by atoms with Gasteiger partial charge in [0.25, 0.3) is 0 Å². The number of urea groups is 1. The number of carbonyl (C=O) groups excluding carboxylic acids is 1. The zero-order valence-electron chi connectivity index (χ0n) is 8.71. The van der Waals surface area contributed by atoms with Crippen LogP contribution < -0.4 is 4.90 Å². The number of anilines is 1. The van der Waals surface area contributed by atoms with Crippen LogP contribution in [0.4, 0.5) is 10.6 Å². The maximum absolute atomic E-state index is 11.7. The lowest BCUT2D eigenvalue weighted by molar-refractivity contribution is 0.183. The number of hydrogen-bond acceptors (Lipinski definition) is 3. The number of likely N-dealkylation sites (N-methyl/N-ethyl adjacent to an activating group) is 1. The molecule has 80 valence electrons. The standard InChI is InChI=1S/C10H13N3O2/c1-7-3-4-11-8(5-7)13-9(14)6-12(2)10(13)15/h3-5,9,14H,6H2,1-2H3. The van der Waals surface area contributed by atoms with Gasteiger partial charge in [0.1, 0.15) is 5.82 Å². The van der Waals surface area contributed by atoms with Gasteiger partial charge in [0.15, 0.2) is 6.23 Å². The summed E-state index contributed by atoms with van der Waals surface area (Å²) in [5.74, 6) is 0.497. The first-order valence-electron chi connectivity index (χ1n) is 4.74. The number of β-amino-alcohol motifs (C(OH)–C–C–N with tert-alkyl or cyclic N) is 1. The van der Waals surface area contributed by atoms with Crippen molar-refractivity contribution >= 4 is 11.8 Å². The van der Waals surface area contributed by atoms with Gasteiger partial charge in [-0.05, 0) is 24.6 Å². The minimum absolute atomic E-state index is 0.222. The van der Waals surface area contributed by atoms with Crippen LogP contribution in [0, 0.1) is 6.92 Å². The number of aromatic nitrogens is 1. The van der Waals surface area contributed by atoms with Crippen LogP contribution in [-0.4, -0.2) is 40.8 Å². The SMILES string of the molecule is Cc1ccnc(N2C(=O)N(C)CC2O)c1. The Morgan fingerprint density at radius 2 is 2.33 bits per heavy atom. The average Bonchev–Trinajstić information content (AvgIpc) is 2.41. The maximum Gasteiger partial charge on any atom is 0.327 e. The fourth-order valence-corrected chi connectivity index (χ4v) is 1.62. The molecule has 0 radical (unpaired) electrons. The number of nitrogens with zero attached hydrogens (tertiary/aromatic N) is 3. The molecule has 1 fully saturated rings. The number of pyridine rings is 1. The third kappa shape index (κ3) is 1.66. The minimum atomic E-state index is -0.809. The van der Waals surface area contributed by atoms with E-state index in [0.717, 1.165) is 5.56 Å². The van der Waals surface area contributed by atoms with Gasteiger partial charge < -0.3 is 10.0 Å². The molecule has 2 amide bonds. The second kappa shape index (κ2) is 3.51. The average molecular weight is 207 g/mol. The largest absolute Gasteiger partial charge is 0.371 e. The topological polar surface area (TPSA) is 56.7 Å². The van der Waals surface area contributed by atoms with Gasteiger partial charge in [0.05, 0.1) is 6.54 Å². The van der Waals surface area contributed by atoms with Crippen LogP contribution in [0.25, 0.3) is 0 Å². The number of amides is 2. The van der Waals surface area contributed by atoms with Crippen LogP contribution in [0.15, 0.2) is 18.3 Å². The fourth-order valence-electron chi connectivity index (χ4n) is 1.62. The first-order valence-corrected chi connectivity index (χ1v) is 4.74. The maximum atomic E-state index is 11.7. The molecule has 2 heterocycles. The van der Waals surface area contributed by atoms with Crippen molar-refractivity contribution in [1.29, 1.82) is 0 Å². The Labute approximate surface area is 87.9 Å². The van der Waals surface area contributed by atoms with E-state index in [9.17, 15) is 9.90 Å². The summed E-state index contributed by atoms with van der Waals surface area (Å²) in [6.07, 6.45) is 0.819. The normalized spacial score (nSPS) is 21.3. The number of aliphatic hydroxyl groups is 1. The second-order valence-electron chi connectivity index (χ2n) is 3.71. The molecule has 0 aromatic carbocycles. The van der Waals surface area contributed by atoms with Crippen molar-refractivity contribution in [3.63, 3.8) is 0 Å². The van der Waals surface area contributed by atoms with E-state index in [2.05, 4.69) is 4.98 Å². The molecule has 0 bridgehead atoms. The highest BCUT2D eigenvalue weighted by Crippen LogP contribution is 2.21. The summed E-state index contributed by atoms with van der Waals surface area (Å²) in [4.78, 5) is 18.5. The van der Waals surface area contributed by atoms with Crippen molar-refractivity contribution < 1.29 is 9.90 Å². The Kier molecular flexibility index (Phi) is 2.32. The quantitative estimate of drug-likeness (QED) is 0.732. The summed E-state index contributed by atoms with van der Waals surface area (Å²) < 4.78 is 0. The lowest BCUT2D eigenvalue weighted by atomic mass is 10.3. The number of carbonyl (C=O) groups is 1. The Morgan fingerprint density at radius 3 is 2.87 bits per heavy atom. The first kappa shape index (κ1) is 9.92. The Morgan fingerprint density at radius 1 is 1.60 bits per heavy atom. The molecule has 1 unspecified atom stereocenters. The smallest absolute Gasteiger partial charge is 0.327 e. The van der Waals surface area contributed by atoms with Crippen molar-refractivity contribution in [2.75, 3.05) is 18.5 Å². The number of rotatable bonds is 1. The van der Waals surface area contributed by atoms with Gasteiger partial charge in [0.2, 0.25) is 0 Å². The minimum Gasteiger partial charge on any atom is -0.371 e. The summed E-state index contributed by atoms with van der Waals surface area (Å²) in [6, 6.07) is 3.40. The molecule has 15 heavy (non-hydrogen) atoms. The zero-order chi connectivity index (χ0) is 11.0. The van der Waals surface area contributed by atoms with Gasteiger partial charge in [-0.3, -0.25) is 0 Å². The van der Waals surface area contributed by atoms with Crippen LogP contribution in [0.2, 0.25) is 0 Å². The molecule has 2 rings (SSSR count). The predicted octanol–water partition coefficient (Wildman–Crippen LogP) is 0.580. The van der Waals surface area contributed by atoms with Crippen LogP contribution in [0.1, 0.15) is 5.56 Å². The summed E-state index contributed by atoms with van der Waals surface area (Å²) in [6.45, 7) is 2.23. The Bertz CT molecular complexity index is 394. The van der Waals surface area contributed by atoms with E-state index >= 15 is 0 Å². The molecule has 5 nitrogen and oxygen atoms in total. The first-order chi connectivity index (χ1) is 7.09. The van der Waals surface area contributed by atoms with Gasteiger partial charge in [0, 0.05) is 13.2 Å². The van der Waals surface area contributed by atoms with E-state index < -0.39 is 6.23 Å². The van der Waals surface area contributed by atoms with Gasteiger partial charge in [-0.1, -0.05) is 0 Å². The predicted molar refractivity (Wildman–Crippen MR) is 55.5 cm³/mol. The van der Waals surface area contributed by atoms with Crippen LogP contribution >= 0.6 is 0 Å². The monoisotopic (exact) mass is 207 g/mol. The zero-order valence-corrected chi connectivity index (χ0v) is 8.71. The van der Waals surface area contributed by atoms with Crippen molar-refractivity contribution in [3.8, 4) is 0 Å². The van der Waals surface area contributed by atoms with Crippen molar-refractivity contribution in [2.45, 2.75) is 13.2 Å². The molecule has 0 saturated carbocycles. The molecule has 1 saturated heterocycles. The fraction of sp³-hybridized carbons (Fsp3) is 0.400. The van der Waals surface area contributed by atoms with E-state index in [0.29, 0.717) is 12.4 Å². The molecule has 1 atom stereocenters. The van der Waals surface area contributed by atoms with E-state index in [1.807, 2.05) is 13.0 Å². The molecular weight excluding hydrogens is 194 g/mol. The molecule has 1 aromatic heterocycles. The molecule has 1 aliphatic heterocycles. The molecule has 0 aliphatic carbocycles. The van der Waals surface area contributed by atoms with E-state index in [-0.39, 0.29) is 6.03 Å². The molecule has 1 aromatic rings. The highest BCUT2D eigenvalue weighted by molar-refractivity contribution is 5.93. The van der Waals surface area contributed by atoms with Crippen LogP contribution in [-0.2, 0) is 0 Å². The molecule has 0 spiro atoms. The highest BCUT2D eigenvalue weighted by Gasteiger charge is 2.35. The summed E-state index contributed by atoms with van der Waals surface area (Å²) >= 11 is 0. The summed E-state index contributed by atoms with van der Waals surface area (Å²) in [5.41, 5.74) is 1.01. The van der Waals surface area contributed by atoms with Gasteiger partial charge in [-0.15, -0.1) is 0 Å². The van der Waals surface area contributed by atoms with Crippen molar-refractivity contribution in [2.24, 2.45) is 0 Å². The summed E-state index contributed by atoms with van der Waals surface area (Å²) in [7, 11) is 1.65. The Hall–Kier alpha value is -1.62. The molecule has 1 N–H and O–H groups in total. The summed E-state index contributed by atoms with van der Waals surface area (Å²) in [5, 5.41) is 9.70. The third-order valence-electron chi connectivity index (χ3n) is 2.42. The molecule has 1 aliphatic rings. The van der Waals surface area contributed by atoms with Gasteiger partial charge in [-0.2, -0.15) is 0 Å². The second-order valence-corrected chi connectivity index (χ2v) is 3.71. The lowest BCUT2D eigenvalue weighted by Crippen LogP contribution is -2.34. The van der Waals surface area contributed by atoms with Crippen LogP contribution in [0.5, 0.6) is 0 Å². The van der Waals surface area contributed by atoms with Crippen LogP contribution in [0.3, 0.4) is 0 Å². The van der Waals surface area contributed by atoms with E-state index in [4.69, 9.17) is 0 Å². The molecule has 5 heteroatoms. The van der Waals surface area contributed by atoms with Gasteiger partial charge in [-0.25, -0.2) is 14.7 Å². The number of hydrogen-bond donors (Lipinski definition) is 1. The number of aliphatic hydroxyl groups excluding tert-OH is 1. The lowest BCUT2D eigenvalue weighted by Gasteiger charge is -2.17. The van der Waals surface area contributed by atoms with E-state index in [1.165, 1.54) is 9.80 Å². The van der Waals surface area contributed by atoms with Crippen molar-refractivity contribution in [1.82, 2.24) is 9.88 Å². The van der Waals surface area contributed by atoms with E-state index in [1.54, 1.807) is 19.3 Å². The van der Waals surface area contributed by atoms with Crippen molar-refractivity contribution in [3.05, 3.63) is 23.9 Å². The van der Waals surface area contributed by atoms with Gasteiger partial charge >= 0.3 is 6.03 Å². The highest BCUT2D eigenvalue weighted by atomic mass is 16.3. The Balaban J connectivity index is 2.35. The number of aryl methyl sites for hydroxylation is 1. The third-order valence-corrected chi connectivity index (χ3v) is 2.42.